The predicted octanol–water partition coefficient (Wildman–Crippen LogP) is 3.53. The highest BCUT2D eigenvalue weighted by atomic mass is 127. The van der Waals surface area contributed by atoms with Gasteiger partial charge in [0.25, 0.3) is 0 Å². The van der Waals surface area contributed by atoms with E-state index in [1.165, 1.54) is 11.1 Å². The number of guanidine groups is 1. The van der Waals surface area contributed by atoms with Gasteiger partial charge in [-0.3, -0.25) is 4.68 Å². The minimum Gasteiger partial charge on any atom is -0.385 e. The second-order valence-corrected chi connectivity index (χ2v) is 7.55. The van der Waals surface area contributed by atoms with Crippen LogP contribution in [0, 0.1) is 0 Å². The van der Waals surface area contributed by atoms with Crippen LogP contribution in [0.5, 0.6) is 0 Å². The molecule has 0 spiro atoms. The van der Waals surface area contributed by atoms with Crippen LogP contribution < -0.4 is 5.32 Å². The molecule has 2 heterocycles. The lowest BCUT2D eigenvalue weighted by atomic mass is 10.1. The number of ether oxygens (including phenoxy) is 2. The Labute approximate surface area is 203 Å². The number of likely N-dealkylation sites (tertiary alicyclic amines) is 1. The van der Waals surface area contributed by atoms with Crippen LogP contribution in [0.1, 0.15) is 37.3 Å². The first-order chi connectivity index (χ1) is 14.8. The number of piperidine rings is 1. The van der Waals surface area contributed by atoms with E-state index in [9.17, 15) is 0 Å². The molecule has 8 heteroatoms. The van der Waals surface area contributed by atoms with E-state index in [0.29, 0.717) is 12.6 Å². The zero-order valence-corrected chi connectivity index (χ0v) is 21.0. The second-order valence-electron chi connectivity index (χ2n) is 7.55. The first-order valence-corrected chi connectivity index (χ1v) is 11.0. The average Bonchev–Trinajstić information content (AvgIpc) is 3.29. The lowest BCUT2D eigenvalue weighted by Gasteiger charge is -2.34. The average molecular weight is 541 g/mol. The van der Waals surface area contributed by atoms with Crippen molar-refractivity contribution in [3.63, 3.8) is 0 Å². The van der Waals surface area contributed by atoms with E-state index in [2.05, 4.69) is 46.5 Å². The van der Waals surface area contributed by atoms with Crippen molar-refractivity contribution in [3.8, 4) is 0 Å². The van der Waals surface area contributed by atoms with Gasteiger partial charge in [0.1, 0.15) is 0 Å². The number of benzene rings is 1. The maximum absolute atomic E-state index is 5.99. The van der Waals surface area contributed by atoms with Crippen molar-refractivity contribution >= 4 is 29.9 Å². The van der Waals surface area contributed by atoms with Crippen LogP contribution in [0.2, 0.25) is 0 Å². The van der Waals surface area contributed by atoms with E-state index < -0.39 is 0 Å². The molecule has 1 saturated heterocycles. The topological polar surface area (TPSA) is 63.9 Å². The second kappa shape index (κ2) is 14.4. The first kappa shape index (κ1) is 25.6. The fraction of sp³-hybridized carbons (Fsp3) is 0.565. The van der Waals surface area contributed by atoms with Crippen LogP contribution in [0.4, 0.5) is 0 Å². The molecule has 0 unspecified atom stereocenters. The highest BCUT2D eigenvalue weighted by molar-refractivity contribution is 14.0. The fourth-order valence-electron chi connectivity index (χ4n) is 3.71. The molecule has 31 heavy (non-hydrogen) atoms. The van der Waals surface area contributed by atoms with Gasteiger partial charge in [0.15, 0.2) is 5.96 Å². The molecule has 7 nitrogen and oxygen atoms in total. The maximum Gasteiger partial charge on any atom is 0.194 e. The summed E-state index contributed by atoms with van der Waals surface area (Å²) in [6, 6.07) is 10.4. The van der Waals surface area contributed by atoms with Crippen LogP contribution in [-0.2, 0) is 22.6 Å². The Morgan fingerprint density at radius 3 is 2.61 bits per heavy atom. The lowest BCUT2D eigenvalue weighted by Crippen LogP contribution is -2.47. The summed E-state index contributed by atoms with van der Waals surface area (Å²) in [5.74, 6) is 0.990. The highest BCUT2D eigenvalue weighted by Gasteiger charge is 2.21. The van der Waals surface area contributed by atoms with Gasteiger partial charge in [-0.15, -0.1) is 24.0 Å². The Morgan fingerprint density at radius 1 is 1.16 bits per heavy atom. The third-order valence-corrected chi connectivity index (χ3v) is 5.33. The van der Waals surface area contributed by atoms with Crippen molar-refractivity contribution < 1.29 is 9.47 Å². The summed E-state index contributed by atoms with van der Waals surface area (Å²) in [4.78, 5) is 7.31. The quantitative estimate of drug-likeness (QED) is 0.216. The molecular weight excluding hydrogens is 505 g/mol. The Morgan fingerprint density at radius 2 is 1.94 bits per heavy atom. The van der Waals surface area contributed by atoms with Crippen molar-refractivity contribution in [1.82, 2.24) is 20.0 Å². The summed E-state index contributed by atoms with van der Waals surface area (Å²) in [6.45, 7) is 7.88. The van der Waals surface area contributed by atoms with Gasteiger partial charge >= 0.3 is 0 Å². The molecule has 0 amide bonds. The third-order valence-electron chi connectivity index (χ3n) is 5.33. The standard InChI is InChI=1S/C23H35N5O2.HI/c1-3-24-23(27-14-10-22(11-15-27)30-17-7-16-29-2)25-18-20-8-4-5-9-21(20)19-28-13-6-12-26-28;/h4-6,8-9,12-13,22H,3,7,10-11,14-19H2,1-2H3,(H,24,25);1H. The van der Waals surface area contributed by atoms with Crippen LogP contribution in [0.15, 0.2) is 47.7 Å². The Balaban J connectivity index is 0.00000341. The third kappa shape index (κ3) is 8.42. The van der Waals surface area contributed by atoms with Gasteiger partial charge in [0.05, 0.1) is 19.2 Å². The van der Waals surface area contributed by atoms with Gasteiger partial charge in [0, 0.05) is 52.4 Å². The van der Waals surface area contributed by atoms with Crippen LogP contribution >= 0.6 is 24.0 Å². The normalized spacial score (nSPS) is 15.0. The molecule has 0 aliphatic carbocycles. The van der Waals surface area contributed by atoms with Crippen molar-refractivity contribution in [2.24, 2.45) is 4.99 Å². The fourth-order valence-corrected chi connectivity index (χ4v) is 3.71. The lowest BCUT2D eigenvalue weighted by molar-refractivity contribution is 0.00990. The molecule has 172 valence electrons. The van der Waals surface area contributed by atoms with E-state index in [4.69, 9.17) is 14.5 Å². The number of nitrogens with one attached hydrogen (secondary N) is 1. The van der Waals surface area contributed by atoms with Crippen LogP contribution in [0.25, 0.3) is 0 Å². The van der Waals surface area contributed by atoms with E-state index in [0.717, 1.165) is 64.6 Å². The Kier molecular flexibility index (Phi) is 11.9. The summed E-state index contributed by atoms with van der Waals surface area (Å²) >= 11 is 0. The number of rotatable bonds is 10. The minimum absolute atomic E-state index is 0. The van der Waals surface area contributed by atoms with Gasteiger partial charge in [-0.05, 0) is 43.4 Å². The van der Waals surface area contributed by atoms with Crippen LogP contribution in [-0.4, -0.2) is 66.7 Å². The Bertz CT molecular complexity index is 761. The molecule has 1 aromatic carbocycles. The molecule has 0 bridgehead atoms. The van der Waals surface area contributed by atoms with Gasteiger partial charge in [-0.2, -0.15) is 5.10 Å². The molecule has 3 rings (SSSR count). The number of halogens is 1. The van der Waals surface area contributed by atoms with Gasteiger partial charge in [-0.25, -0.2) is 4.99 Å². The zero-order chi connectivity index (χ0) is 21.0. The minimum atomic E-state index is 0. The molecule has 2 aromatic rings. The summed E-state index contributed by atoms with van der Waals surface area (Å²) in [5, 5.41) is 7.79. The predicted molar refractivity (Wildman–Crippen MR) is 135 cm³/mol. The number of aromatic nitrogens is 2. The molecule has 0 atom stereocenters. The summed E-state index contributed by atoms with van der Waals surface area (Å²) in [7, 11) is 1.73. The van der Waals surface area contributed by atoms with Crippen molar-refractivity contribution in [1.29, 1.82) is 0 Å². The number of methoxy groups -OCH3 is 1. The summed E-state index contributed by atoms with van der Waals surface area (Å²) < 4.78 is 13.0. The van der Waals surface area contributed by atoms with Crippen molar-refractivity contribution in [2.45, 2.75) is 45.4 Å². The largest absolute Gasteiger partial charge is 0.385 e. The number of nitrogens with zero attached hydrogens (tertiary/aromatic N) is 4. The number of aliphatic imine (C=N–C) groups is 1. The Hall–Kier alpha value is -1.65. The van der Waals surface area contributed by atoms with Gasteiger partial charge in [-0.1, -0.05) is 24.3 Å². The van der Waals surface area contributed by atoms with Crippen LogP contribution in [0.3, 0.4) is 0 Å². The maximum atomic E-state index is 5.99. The summed E-state index contributed by atoms with van der Waals surface area (Å²) in [6.07, 6.45) is 7.18. The molecule has 1 aliphatic heterocycles. The molecular formula is C23H36IN5O2. The van der Waals surface area contributed by atoms with Crippen molar-refractivity contribution in [2.75, 3.05) is 40.0 Å². The SMILES string of the molecule is CCNC(=NCc1ccccc1Cn1cccn1)N1CCC(OCCCOC)CC1.I. The molecule has 1 aromatic heterocycles. The van der Waals surface area contributed by atoms with E-state index in [-0.39, 0.29) is 24.0 Å². The van der Waals surface area contributed by atoms with E-state index in [1.54, 1.807) is 7.11 Å². The first-order valence-electron chi connectivity index (χ1n) is 11.0. The molecule has 1 fully saturated rings. The summed E-state index contributed by atoms with van der Waals surface area (Å²) in [5.41, 5.74) is 2.49. The highest BCUT2D eigenvalue weighted by Crippen LogP contribution is 2.16. The monoisotopic (exact) mass is 541 g/mol. The number of hydrogen-bond donors (Lipinski definition) is 1. The van der Waals surface area contributed by atoms with E-state index in [1.807, 2.05) is 23.1 Å². The molecule has 1 aliphatic rings. The molecule has 1 N–H and O–H groups in total. The van der Waals surface area contributed by atoms with Gasteiger partial charge < -0.3 is 19.7 Å². The van der Waals surface area contributed by atoms with Crippen molar-refractivity contribution in [3.05, 3.63) is 53.9 Å². The molecule has 0 radical (unpaired) electrons. The van der Waals surface area contributed by atoms with Gasteiger partial charge in [0.2, 0.25) is 0 Å². The molecule has 0 saturated carbocycles. The van der Waals surface area contributed by atoms with E-state index >= 15 is 0 Å². The smallest absolute Gasteiger partial charge is 0.194 e. The zero-order valence-electron chi connectivity index (χ0n) is 18.7. The number of hydrogen-bond acceptors (Lipinski definition) is 4.